The summed E-state index contributed by atoms with van der Waals surface area (Å²) >= 11 is 3.03. The second-order valence-corrected chi connectivity index (χ2v) is 7.45. The van der Waals surface area contributed by atoms with Crippen LogP contribution < -0.4 is 5.32 Å². The molecule has 4 rings (SSSR count). The van der Waals surface area contributed by atoms with Crippen LogP contribution in [0.4, 0.5) is 0 Å². The molecule has 0 bridgehead atoms. The first-order valence-electron chi connectivity index (χ1n) is 7.78. The van der Waals surface area contributed by atoms with E-state index in [4.69, 9.17) is 4.42 Å². The molecular weight excluding hydrogens is 354 g/mol. The maximum atomic E-state index is 12.3. The molecule has 25 heavy (non-hydrogen) atoms. The van der Waals surface area contributed by atoms with Gasteiger partial charge in [0.1, 0.15) is 17.6 Å². The van der Waals surface area contributed by atoms with Gasteiger partial charge in [-0.3, -0.25) is 4.79 Å². The van der Waals surface area contributed by atoms with Gasteiger partial charge >= 0.3 is 0 Å². The lowest BCUT2D eigenvalue weighted by molar-refractivity contribution is 0.0906. The van der Waals surface area contributed by atoms with Gasteiger partial charge in [-0.1, -0.05) is 18.2 Å². The lowest BCUT2D eigenvalue weighted by atomic mass is 10.2. The molecule has 126 valence electrons. The largest absolute Gasteiger partial charge is 0.458 e. The molecule has 0 spiro atoms. The van der Waals surface area contributed by atoms with E-state index in [1.807, 2.05) is 53.2 Å². The third-order valence-corrected chi connectivity index (χ3v) is 5.66. The number of rotatable bonds is 5. The summed E-state index contributed by atoms with van der Waals surface area (Å²) in [6.45, 7) is 0.101. The molecular formula is C19H15NO3S2. The van der Waals surface area contributed by atoms with Crippen LogP contribution in [0.5, 0.6) is 0 Å². The van der Waals surface area contributed by atoms with Gasteiger partial charge in [0, 0.05) is 15.6 Å². The second-order valence-electron chi connectivity index (χ2n) is 5.59. The minimum atomic E-state index is -0.884. The number of nitrogens with one attached hydrogen (secondary N) is 1. The van der Waals surface area contributed by atoms with E-state index in [1.54, 1.807) is 17.4 Å². The Morgan fingerprint density at radius 3 is 2.88 bits per heavy atom. The number of fused-ring (bicyclic) bond motifs is 1. The molecule has 0 aliphatic carbocycles. The molecule has 0 radical (unpaired) electrons. The molecule has 4 nitrogen and oxygen atoms in total. The van der Waals surface area contributed by atoms with Crippen LogP contribution >= 0.6 is 22.7 Å². The first kappa shape index (κ1) is 16.1. The van der Waals surface area contributed by atoms with Crippen LogP contribution in [0.15, 0.2) is 63.7 Å². The molecule has 0 aliphatic rings. The van der Waals surface area contributed by atoms with E-state index in [0.717, 1.165) is 15.6 Å². The number of carbonyl (C=O) groups is 1. The summed E-state index contributed by atoms with van der Waals surface area (Å²) in [5.41, 5.74) is 0.984. The molecule has 1 atom stereocenters. The summed E-state index contributed by atoms with van der Waals surface area (Å²) in [4.78, 5) is 12.9. The van der Waals surface area contributed by atoms with Crippen LogP contribution in [0.3, 0.4) is 0 Å². The third kappa shape index (κ3) is 3.37. The van der Waals surface area contributed by atoms with E-state index in [9.17, 15) is 9.90 Å². The van der Waals surface area contributed by atoms with Gasteiger partial charge in [0.25, 0.3) is 5.91 Å². The molecule has 0 saturated heterocycles. The summed E-state index contributed by atoms with van der Waals surface area (Å²) in [5.74, 6) is 0.967. The topological polar surface area (TPSA) is 62.5 Å². The van der Waals surface area contributed by atoms with Gasteiger partial charge in [-0.25, -0.2) is 0 Å². The normalized spacial score (nSPS) is 12.4. The van der Waals surface area contributed by atoms with Crippen molar-refractivity contribution in [1.82, 2.24) is 5.32 Å². The predicted molar refractivity (Wildman–Crippen MR) is 101 cm³/mol. The molecule has 1 unspecified atom stereocenters. The summed E-state index contributed by atoms with van der Waals surface area (Å²) in [5, 5.41) is 18.0. The number of carbonyl (C=O) groups excluding carboxylic acids is 1. The van der Waals surface area contributed by atoms with Crippen molar-refractivity contribution >= 4 is 38.7 Å². The van der Waals surface area contributed by atoms with Crippen molar-refractivity contribution in [2.45, 2.75) is 6.10 Å². The Balaban J connectivity index is 1.41. The first-order valence-corrected chi connectivity index (χ1v) is 9.54. The summed E-state index contributed by atoms with van der Waals surface area (Å²) in [6, 6.07) is 15.3. The Labute approximate surface area is 152 Å². The minimum Gasteiger partial charge on any atom is -0.458 e. The Kier molecular flexibility index (Phi) is 4.40. The Hall–Kier alpha value is -2.41. The fourth-order valence-electron chi connectivity index (χ4n) is 2.56. The maximum Gasteiger partial charge on any atom is 0.261 e. The van der Waals surface area contributed by atoms with Crippen LogP contribution in [0.2, 0.25) is 0 Å². The standard InChI is InChI=1S/C19H15NO3S2/c21-14(16-6-5-15(23-16)13-7-8-24-11-13)10-20-19(22)18-9-12-3-1-2-4-17(12)25-18/h1-9,11,14,21H,10H2,(H,20,22). The van der Waals surface area contributed by atoms with Gasteiger partial charge in [-0.05, 0) is 41.1 Å². The monoisotopic (exact) mass is 369 g/mol. The van der Waals surface area contributed by atoms with Gasteiger partial charge in [0.15, 0.2) is 0 Å². The van der Waals surface area contributed by atoms with Crippen LogP contribution in [0, 0.1) is 0 Å². The Morgan fingerprint density at radius 1 is 1.20 bits per heavy atom. The van der Waals surface area contributed by atoms with E-state index >= 15 is 0 Å². The number of benzene rings is 1. The molecule has 0 saturated carbocycles. The molecule has 1 amide bonds. The molecule has 6 heteroatoms. The number of hydrogen-bond donors (Lipinski definition) is 2. The van der Waals surface area contributed by atoms with Crippen molar-refractivity contribution in [2.75, 3.05) is 6.54 Å². The molecule has 4 aromatic rings. The highest BCUT2D eigenvalue weighted by Crippen LogP contribution is 2.27. The summed E-state index contributed by atoms with van der Waals surface area (Å²) in [7, 11) is 0. The summed E-state index contributed by atoms with van der Waals surface area (Å²) < 4.78 is 6.75. The van der Waals surface area contributed by atoms with E-state index in [0.29, 0.717) is 16.4 Å². The summed E-state index contributed by atoms with van der Waals surface area (Å²) in [6.07, 6.45) is -0.884. The number of aliphatic hydroxyl groups excluding tert-OH is 1. The molecule has 3 heterocycles. The molecule has 2 N–H and O–H groups in total. The van der Waals surface area contributed by atoms with Gasteiger partial charge < -0.3 is 14.8 Å². The van der Waals surface area contributed by atoms with E-state index in [-0.39, 0.29) is 12.5 Å². The van der Waals surface area contributed by atoms with Crippen molar-refractivity contribution in [3.63, 3.8) is 0 Å². The third-order valence-electron chi connectivity index (χ3n) is 3.87. The first-order chi connectivity index (χ1) is 12.2. The highest BCUT2D eigenvalue weighted by Gasteiger charge is 2.16. The zero-order valence-electron chi connectivity index (χ0n) is 13.1. The minimum absolute atomic E-state index is 0.101. The zero-order valence-corrected chi connectivity index (χ0v) is 14.8. The van der Waals surface area contributed by atoms with Gasteiger partial charge in [-0.15, -0.1) is 11.3 Å². The van der Waals surface area contributed by atoms with Crippen LogP contribution in [-0.4, -0.2) is 17.6 Å². The highest BCUT2D eigenvalue weighted by atomic mass is 32.1. The predicted octanol–water partition coefficient (Wildman–Crippen LogP) is 4.69. The number of amides is 1. The van der Waals surface area contributed by atoms with Crippen molar-refractivity contribution in [2.24, 2.45) is 0 Å². The quantitative estimate of drug-likeness (QED) is 0.537. The number of thiophene rings is 2. The van der Waals surface area contributed by atoms with Gasteiger partial charge in [0.2, 0.25) is 0 Å². The highest BCUT2D eigenvalue weighted by molar-refractivity contribution is 7.20. The van der Waals surface area contributed by atoms with Crippen molar-refractivity contribution in [3.8, 4) is 11.3 Å². The Bertz CT molecular complexity index is 968. The van der Waals surface area contributed by atoms with Crippen LogP contribution in [0.1, 0.15) is 21.5 Å². The smallest absolute Gasteiger partial charge is 0.261 e. The van der Waals surface area contributed by atoms with E-state index < -0.39 is 6.10 Å². The van der Waals surface area contributed by atoms with Crippen molar-refractivity contribution in [3.05, 3.63) is 69.9 Å². The van der Waals surface area contributed by atoms with Crippen LogP contribution in [0.25, 0.3) is 21.4 Å². The lowest BCUT2D eigenvalue weighted by Gasteiger charge is -2.08. The fraction of sp³-hybridized carbons (Fsp3) is 0.105. The van der Waals surface area contributed by atoms with E-state index in [1.165, 1.54) is 11.3 Å². The Morgan fingerprint density at radius 2 is 2.08 bits per heavy atom. The van der Waals surface area contributed by atoms with E-state index in [2.05, 4.69) is 5.32 Å². The van der Waals surface area contributed by atoms with Crippen LogP contribution in [-0.2, 0) is 0 Å². The molecule has 3 aromatic heterocycles. The SMILES string of the molecule is O=C(NCC(O)c1ccc(-c2ccsc2)o1)c1cc2ccccc2s1. The van der Waals surface area contributed by atoms with Gasteiger partial charge in [0.05, 0.1) is 11.4 Å². The second kappa shape index (κ2) is 6.84. The average Bonchev–Trinajstić information content (AvgIpc) is 3.38. The number of furan rings is 1. The van der Waals surface area contributed by atoms with Crippen molar-refractivity contribution in [1.29, 1.82) is 0 Å². The molecule has 0 fully saturated rings. The maximum absolute atomic E-state index is 12.3. The number of hydrogen-bond acceptors (Lipinski definition) is 5. The molecule has 0 aliphatic heterocycles. The van der Waals surface area contributed by atoms with Gasteiger partial charge in [-0.2, -0.15) is 11.3 Å². The average molecular weight is 369 g/mol. The number of aliphatic hydroxyl groups is 1. The lowest BCUT2D eigenvalue weighted by Crippen LogP contribution is -2.27. The fourth-order valence-corrected chi connectivity index (χ4v) is 4.19. The van der Waals surface area contributed by atoms with Crippen molar-refractivity contribution < 1.29 is 14.3 Å². The molecule has 1 aromatic carbocycles. The zero-order chi connectivity index (χ0) is 17.2.